The van der Waals surface area contributed by atoms with Crippen LogP contribution < -0.4 is 10.1 Å². The molecule has 0 aliphatic heterocycles. The molecular weight excluding hydrogens is 524 g/mol. The minimum Gasteiger partial charge on any atom is -0.455 e. The maximum atomic E-state index is 11.8. The summed E-state index contributed by atoms with van der Waals surface area (Å²) < 4.78 is 11.1. The smallest absolute Gasteiger partial charge is 0.219 e. The van der Waals surface area contributed by atoms with E-state index in [9.17, 15) is 4.79 Å². The van der Waals surface area contributed by atoms with Crippen LogP contribution in [0.25, 0.3) is 15.9 Å². The first-order chi connectivity index (χ1) is 19.4. The number of aryl methyl sites for hydroxylation is 2. The molecule has 0 saturated carbocycles. The van der Waals surface area contributed by atoms with Crippen molar-refractivity contribution in [3.8, 4) is 11.5 Å². The third kappa shape index (κ3) is 7.49. The van der Waals surface area contributed by atoms with Crippen LogP contribution in [0.1, 0.15) is 36.5 Å². The summed E-state index contributed by atoms with van der Waals surface area (Å²) >= 11 is 1.51. The summed E-state index contributed by atoms with van der Waals surface area (Å²) in [4.78, 5) is 32.5. The number of fused-ring (bicyclic) bond motifs is 1. The highest BCUT2D eigenvalue weighted by molar-refractivity contribution is 7.19. The lowest BCUT2D eigenvalue weighted by atomic mass is 10.2. The van der Waals surface area contributed by atoms with E-state index in [1.54, 1.807) is 31.5 Å². The number of rotatable bonds is 12. The van der Waals surface area contributed by atoms with Gasteiger partial charge in [-0.25, -0.2) is 15.0 Å². The van der Waals surface area contributed by atoms with E-state index in [1.165, 1.54) is 11.3 Å². The number of nitrogens with one attached hydrogen (secondary N) is 1. The number of pyridine rings is 1. The van der Waals surface area contributed by atoms with Gasteiger partial charge in [0.15, 0.2) is 5.82 Å². The first-order valence-corrected chi connectivity index (χ1v) is 13.9. The average molecular weight is 559 g/mol. The lowest BCUT2D eigenvalue weighted by Crippen LogP contribution is -2.32. The van der Waals surface area contributed by atoms with Crippen molar-refractivity contribution in [3.05, 3.63) is 77.3 Å². The van der Waals surface area contributed by atoms with Crippen molar-refractivity contribution in [1.82, 2.24) is 24.8 Å². The fraction of sp³-hybridized carbons (Fsp3) is 0.300. The SMILES string of the molecule is C/C=C(\C=C/CCN(CCOC)C(C)=O)c1nc2c(Nc3ccc(Oc4ccc(C)nc4)c(C)c3)ncnc2s1. The first kappa shape index (κ1) is 28.8. The van der Waals surface area contributed by atoms with Crippen molar-refractivity contribution in [2.45, 2.75) is 34.1 Å². The number of hydrogen-bond donors (Lipinski definition) is 1. The van der Waals surface area contributed by atoms with E-state index in [-0.39, 0.29) is 5.91 Å². The van der Waals surface area contributed by atoms with Crippen molar-refractivity contribution in [2.75, 3.05) is 32.1 Å². The van der Waals surface area contributed by atoms with Crippen molar-refractivity contribution < 1.29 is 14.3 Å². The van der Waals surface area contributed by atoms with Crippen molar-refractivity contribution >= 4 is 44.7 Å². The van der Waals surface area contributed by atoms with Crippen LogP contribution in [-0.2, 0) is 9.53 Å². The number of carbonyl (C=O) groups excluding carboxylic acids is 1. The Balaban J connectivity index is 1.46. The summed E-state index contributed by atoms with van der Waals surface area (Å²) in [5.74, 6) is 2.13. The molecule has 0 aliphatic carbocycles. The maximum Gasteiger partial charge on any atom is 0.219 e. The van der Waals surface area contributed by atoms with E-state index < -0.39 is 0 Å². The van der Waals surface area contributed by atoms with Crippen LogP contribution in [0.5, 0.6) is 11.5 Å². The summed E-state index contributed by atoms with van der Waals surface area (Å²) in [6.45, 7) is 9.25. The molecule has 1 amide bonds. The lowest BCUT2D eigenvalue weighted by Gasteiger charge is -2.19. The Bertz CT molecular complexity index is 1510. The second-order valence-corrected chi connectivity index (χ2v) is 10.1. The van der Waals surface area contributed by atoms with Gasteiger partial charge in [-0.3, -0.25) is 9.78 Å². The van der Waals surface area contributed by atoms with Gasteiger partial charge < -0.3 is 19.7 Å². The van der Waals surface area contributed by atoms with Gasteiger partial charge >= 0.3 is 0 Å². The van der Waals surface area contributed by atoms with E-state index in [1.807, 2.05) is 63.3 Å². The molecule has 3 aromatic heterocycles. The van der Waals surface area contributed by atoms with Gasteiger partial charge in [0.2, 0.25) is 5.91 Å². The molecule has 0 radical (unpaired) electrons. The van der Waals surface area contributed by atoms with Gasteiger partial charge in [0.05, 0.1) is 12.8 Å². The fourth-order valence-electron chi connectivity index (χ4n) is 3.95. The van der Waals surface area contributed by atoms with Crippen LogP contribution in [0.4, 0.5) is 11.5 Å². The fourth-order valence-corrected chi connectivity index (χ4v) is 4.91. The standard InChI is InChI=1S/C30H34N6O3S/c1-6-23(9-7-8-14-36(22(4)37)15-16-38-5)29-35-27-28(32-19-33-30(27)40-29)34-24-11-13-26(20(2)17-24)39-25-12-10-21(3)31-18-25/h6-7,9-13,17-19H,8,14-16H2,1-5H3,(H,32,33,34)/b9-7-,23-6+. The minimum atomic E-state index is 0.0439. The Morgan fingerprint density at radius 1 is 1.12 bits per heavy atom. The molecule has 40 heavy (non-hydrogen) atoms. The molecule has 208 valence electrons. The van der Waals surface area contributed by atoms with Gasteiger partial charge in [0.25, 0.3) is 0 Å². The summed E-state index contributed by atoms with van der Waals surface area (Å²) in [6.07, 6.45) is 10.1. The number of nitrogens with zero attached hydrogens (tertiary/aromatic N) is 5. The Morgan fingerprint density at radius 3 is 2.67 bits per heavy atom. The Kier molecular flexibility index (Phi) is 9.93. The van der Waals surface area contributed by atoms with Gasteiger partial charge in [-0.2, -0.15) is 0 Å². The molecular formula is C30H34N6O3S. The van der Waals surface area contributed by atoms with Crippen LogP contribution in [0.3, 0.4) is 0 Å². The maximum absolute atomic E-state index is 11.8. The first-order valence-electron chi connectivity index (χ1n) is 13.0. The van der Waals surface area contributed by atoms with E-state index >= 15 is 0 Å². The molecule has 1 N–H and O–H groups in total. The van der Waals surface area contributed by atoms with E-state index in [4.69, 9.17) is 14.5 Å². The van der Waals surface area contributed by atoms with E-state index in [0.29, 0.717) is 36.8 Å². The quantitative estimate of drug-likeness (QED) is 0.197. The molecule has 10 heteroatoms. The van der Waals surface area contributed by atoms with Crippen LogP contribution in [0, 0.1) is 13.8 Å². The number of allylic oxidation sites excluding steroid dienone is 3. The summed E-state index contributed by atoms with van der Waals surface area (Å²) in [6, 6.07) is 9.71. The molecule has 0 saturated heterocycles. The van der Waals surface area contributed by atoms with Gasteiger partial charge in [-0.05, 0) is 63.1 Å². The second kappa shape index (κ2) is 13.8. The average Bonchev–Trinajstić information content (AvgIpc) is 3.38. The number of carbonyl (C=O) groups is 1. The van der Waals surface area contributed by atoms with Crippen LogP contribution in [0.15, 0.2) is 61.1 Å². The molecule has 3 heterocycles. The Labute approximate surface area is 238 Å². The molecule has 0 bridgehead atoms. The van der Waals surface area contributed by atoms with Gasteiger partial charge in [0, 0.05) is 44.1 Å². The number of benzene rings is 1. The zero-order valence-electron chi connectivity index (χ0n) is 23.5. The number of amides is 1. The highest BCUT2D eigenvalue weighted by Gasteiger charge is 2.14. The third-order valence-electron chi connectivity index (χ3n) is 6.18. The van der Waals surface area contributed by atoms with Crippen molar-refractivity contribution in [3.63, 3.8) is 0 Å². The number of methoxy groups -OCH3 is 1. The molecule has 0 atom stereocenters. The van der Waals surface area contributed by atoms with Crippen LogP contribution in [-0.4, -0.2) is 57.5 Å². The number of thiazole rings is 1. The predicted molar refractivity (Wildman–Crippen MR) is 160 cm³/mol. The minimum absolute atomic E-state index is 0.0439. The number of anilines is 2. The van der Waals surface area contributed by atoms with Crippen molar-refractivity contribution in [1.29, 1.82) is 0 Å². The number of hydrogen-bond acceptors (Lipinski definition) is 9. The molecule has 0 spiro atoms. The zero-order valence-corrected chi connectivity index (χ0v) is 24.3. The highest BCUT2D eigenvalue weighted by Crippen LogP contribution is 2.32. The second-order valence-electron chi connectivity index (χ2n) is 9.17. The summed E-state index contributed by atoms with van der Waals surface area (Å²) in [7, 11) is 1.64. The van der Waals surface area contributed by atoms with Gasteiger partial charge in [-0.1, -0.05) is 29.6 Å². The number of ether oxygens (including phenoxy) is 2. The van der Waals surface area contributed by atoms with Gasteiger partial charge in [0.1, 0.15) is 33.2 Å². The molecule has 4 rings (SSSR count). The Morgan fingerprint density at radius 2 is 1.98 bits per heavy atom. The molecule has 1 aromatic carbocycles. The topological polar surface area (TPSA) is 102 Å². The lowest BCUT2D eigenvalue weighted by molar-refractivity contribution is -0.129. The van der Waals surface area contributed by atoms with Crippen LogP contribution >= 0.6 is 11.3 Å². The molecule has 0 aliphatic rings. The molecule has 4 aromatic rings. The Hall–Kier alpha value is -4.15. The van der Waals surface area contributed by atoms with E-state index in [2.05, 4.69) is 26.3 Å². The molecule has 0 unspecified atom stereocenters. The van der Waals surface area contributed by atoms with Crippen molar-refractivity contribution in [2.24, 2.45) is 0 Å². The molecule has 0 fully saturated rings. The normalized spacial score (nSPS) is 11.8. The predicted octanol–water partition coefficient (Wildman–Crippen LogP) is 6.48. The third-order valence-corrected chi connectivity index (χ3v) is 7.19. The zero-order chi connectivity index (χ0) is 28.5. The van der Waals surface area contributed by atoms with Gasteiger partial charge in [-0.15, -0.1) is 0 Å². The summed E-state index contributed by atoms with van der Waals surface area (Å²) in [5, 5.41) is 4.24. The number of aromatic nitrogens is 4. The largest absolute Gasteiger partial charge is 0.455 e. The monoisotopic (exact) mass is 558 g/mol. The molecule has 9 nitrogen and oxygen atoms in total. The van der Waals surface area contributed by atoms with Crippen LogP contribution in [0.2, 0.25) is 0 Å². The summed E-state index contributed by atoms with van der Waals surface area (Å²) in [5.41, 5.74) is 4.49. The highest BCUT2D eigenvalue weighted by atomic mass is 32.1. The van der Waals surface area contributed by atoms with E-state index in [0.717, 1.165) is 44.5 Å².